The van der Waals surface area contributed by atoms with Crippen LogP contribution in [0.15, 0.2) is 39.1 Å². The zero-order valence-corrected chi connectivity index (χ0v) is 18.5. The van der Waals surface area contributed by atoms with Crippen LogP contribution in [-0.4, -0.2) is 41.4 Å². The predicted molar refractivity (Wildman–Crippen MR) is 114 cm³/mol. The Balaban J connectivity index is 1.53. The lowest BCUT2D eigenvalue weighted by molar-refractivity contribution is -0.119. The zero-order chi connectivity index (χ0) is 21.5. The standard InChI is InChI=1S/C20H22N4O4S2/c1-12-6-8-15(9-7-12)16-11-29-20(21-16)22-19(25)17-5-4-10-24(17)30(26,27)18-13(2)23-28-14(18)3/h6-9,11,17H,4-5,10H2,1-3H3,(H,21,22,25)/t17-/m0/s1. The first-order valence-corrected chi connectivity index (χ1v) is 11.9. The highest BCUT2D eigenvalue weighted by Gasteiger charge is 2.42. The van der Waals surface area contributed by atoms with Gasteiger partial charge in [-0.2, -0.15) is 4.31 Å². The van der Waals surface area contributed by atoms with Crippen LogP contribution in [0.25, 0.3) is 11.3 Å². The number of aromatic nitrogens is 2. The lowest BCUT2D eigenvalue weighted by atomic mass is 10.1. The van der Waals surface area contributed by atoms with Crippen molar-refractivity contribution in [2.75, 3.05) is 11.9 Å². The number of hydrogen-bond acceptors (Lipinski definition) is 7. The second-order valence-corrected chi connectivity index (χ2v) is 10.0. The van der Waals surface area contributed by atoms with Crippen molar-refractivity contribution >= 4 is 32.4 Å². The Hall–Kier alpha value is -2.56. The molecule has 2 aromatic heterocycles. The molecule has 0 bridgehead atoms. The number of amides is 1. The third-order valence-electron chi connectivity index (χ3n) is 5.12. The zero-order valence-electron chi connectivity index (χ0n) is 16.9. The van der Waals surface area contributed by atoms with E-state index in [2.05, 4.69) is 15.5 Å². The first-order valence-electron chi connectivity index (χ1n) is 9.55. The molecule has 1 N–H and O–H groups in total. The van der Waals surface area contributed by atoms with Crippen LogP contribution in [0.5, 0.6) is 0 Å². The second-order valence-electron chi connectivity index (χ2n) is 7.32. The van der Waals surface area contributed by atoms with Gasteiger partial charge in [-0.3, -0.25) is 4.79 Å². The van der Waals surface area contributed by atoms with Crippen LogP contribution in [0, 0.1) is 20.8 Å². The number of nitrogens with zero attached hydrogens (tertiary/aromatic N) is 3. The van der Waals surface area contributed by atoms with E-state index in [9.17, 15) is 13.2 Å². The molecule has 3 heterocycles. The number of hydrogen-bond donors (Lipinski definition) is 1. The smallest absolute Gasteiger partial charge is 0.249 e. The minimum Gasteiger partial charge on any atom is -0.360 e. The Bertz CT molecular complexity index is 1160. The first kappa shape index (κ1) is 20.7. The molecule has 1 aliphatic heterocycles. The Morgan fingerprint density at radius 1 is 1.23 bits per heavy atom. The third kappa shape index (κ3) is 3.78. The summed E-state index contributed by atoms with van der Waals surface area (Å²) < 4.78 is 32.6. The second kappa shape index (κ2) is 7.93. The fraction of sp³-hybridized carbons (Fsp3) is 0.350. The summed E-state index contributed by atoms with van der Waals surface area (Å²) in [4.78, 5) is 17.4. The lowest BCUT2D eigenvalue weighted by Crippen LogP contribution is -2.43. The molecule has 158 valence electrons. The summed E-state index contributed by atoms with van der Waals surface area (Å²) in [7, 11) is -3.89. The minimum absolute atomic E-state index is 0.0399. The number of carbonyl (C=O) groups excluding carboxylic acids is 1. The molecule has 1 aliphatic rings. The molecule has 1 aromatic carbocycles. The molecule has 1 atom stereocenters. The van der Waals surface area contributed by atoms with Crippen LogP contribution in [0.2, 0.25) is 0 Å². The predicted octanol–water partition coefficient (Wildman–Crippen LogP) is 3.52. The van der Waals surface area contributed by atoms with Gasteiger partial charge in [0, 0.05) is 17.5 Å². The highest BCUT2D eigenvalue weighted by atomic mass is 32.2. The molecule has 1 saturated heterocycles. The van der Waals surface area contributed by atoms with Crippen LogP contribution in [-0.2, 0) is 14.8 Å². The summed E-state index contributed by atoms with van der Waals surface area (Å²) in [6, 6.07) is 7.16. The maximum atomic E-state index is 13.2. The minimum atomic E-state index is -3.89. The van der Waals surface area contributed by atoms with E-state index in [4.69, 9.17) is 4.52 Å². The first-order chi connectivity index (χ1) is 14.3. The summed E-state index contributed by atoms with van der Waals surface area (Å²) in [5.74, 6) is -0.158. The topological polar surface area (TPSA) is 105 Å². The van der Waals surface area contributed by atoms with Crippen LogP contribution in [0.1, 0.15) is 29.9 Å². The van der Waals surface area contributed by atoms with Gasteiger partial charge in [-0.25, -0.2) is 13.4 Å². The SMILES string of the molecule is Cc1ccc(-c2csc(NC(=O)[C@@H]3CCCN3S(=O)(=O)c3c(C)noc3C)n2)cc1. The largest absolute Gasteiger partial charge is 0.360 e. The van der Waals surface area contributed by atoms with Gasteiger partial charge in [-0.1, -0.05) is 35.0 Å². The van der Waals surface area contributed by atoms with Gasteiger partial charge in [0.2, 0.25) is 15.9 Å². The molecular weight excluding hydrogens is 424 g/mol. The molecule has 0 aliphatic carbocycles. The number of thiazole rings is 1. The van der Waals surface area contributed by atoms with Gasteiger partial charge >= 0.3 is 0 Å². The number of benzene rings is 1. The molecule has 0 radical (unpaired) electrons. The number of aryl methyl sites for hydroxylation is 3. The van der Waals surface area contributed by atoms with Crippen molar-refractivity contribution in [3.8, 4) is 11.3 Å². The highest BCUT2D eigenvalue weighted by Crippen LogP contribution is 2.31. The third-order valence-corrected chi connectivity index (χ3v) is 8.03. The van der Waals surface area contributed by atoms with Gasteiger partial charge < -0.3 is 9.84 Å². The van der Waals surface area contributed by atoms with Crippen molar-refractivity contribution < 1.29 is 17.7 Å². The van der Waals surface area contributed by atoms with E-state index in [-0.39, 0.29) is 23.1 Å². The molecule has 0 saturated carbocycles. The Labute approximate surface area is 179 Å². The summed E-state index contributed by atoms with van der Waals surface area (Å²) in [5, 5.41) is 8.83. The van der Waals surface area contributed by atoms with Crippen LogP contribution in [0.3, 0.4) is 0 Å². The number of rotatable bonds is 5. The summed E-state index contributed by atoms with van der Waals surface area (Å²) in [6.45, 7) is 5.42. The molecule has 1 fully saturated rings. The maximum absolute atomic E-state index is 13.2. The van der Waals surface area contributed by atoms with Gasteiger partial charge in [0.05, 0.1) is 5.69 Å². The van der Waals surface area contributed by atoms with E-state index in [1.54, 1.807) is 13.8 Å². The monoisotopic (exact) mass is 446 g/mol. The van der Waals surface area contributed by atoms with E-state index in [0.29, 0.717) is 23.7 Å². The van der Waals surface area contributed by atoms with Gasteiger partial charge in [-0.15, -0.1) is 11.3 Å². The van der Waals surface area contributed by atoms with Crippen molar-refractivity contribution in [1.82, 2.24) is 14.4 Å². The van der Waals surface area contributed by atoms with Crippen LogP contribution in [0.4, 0.5) is 5.13 Å². The lowest BCUT2D eigenvalue weighted by Gasteiger charge is -2.22. The van der Waals surface area contributed by atoms with Crippen molar-refractivity contribution in [2.45, 2.75) is 44.6 Å². The average Bonchev–Trinajstić information content (AvgIpc) is 3.43. The van der Waals surface area contributed by atoms with Gasteiger partial charge in [0.15, 0.2) is 10.9 Å². The average molecular weight is 447 g/mol. The number of sulfonamides is 1. The molecule has 10 heteroatoms. The molecule has 8 nitrogen and oxygen atoms in total. The molecule has 0 spiro atoms. The molecule has 0 unspecified atom stereocenters. The van der Waals surface area contributed by atoms with E-state index < -0.39 is 16.1 Å². The Morgan fingerprint density at radius 3 is 2.63 bits per heavy atom. The Morgan fingerprint density at radius 2 is 1.97 bits per heavy atom. The van der Waals surface area contributed by atoms with Gasteiger partial charge in [0.25, 0.3) is 0 Å². The van der Waals surface area contributed by atoms with Crippen molar-refractivity contribution in [3.05, 3.63) is 46.7 Å². The van der Waals surface area contributed by atoms with Crippen LogP contribution < -0.4 is 5.32 Å². The fourth-order valence-electron chi connectivity index (χ4n) is 3.63. The van der Waals surface area contributed by atoms with E-state index in [0.717, 1.165) is 16.8 Å². The maximum Gasteiger partial charge on any atom is 0.249 e. The van der Waals surface area contributed by atoms with E-state index in [1.807, 2.05) is 36.6 Å². The van der Waals surface area contributed by atoms with Crippen LogP contribution >= 0.6 is 11.3 Å². The van der Waals surface area contributed by atoms with Gasteiger partial charge in [-0.05, 0) is 33.6 Å². The number of carbonyl (C=O) groups is 1. The normalized spacial score (nSPS) is 17.4. The molecule has 30 heavy (non-hydrogen) atoms. The summed E-state index contributed by atoms with van der Waals surface area (Å²) in [5.41, 5.74) is 3.17. The molecule has 3 aromatic rings. The van der Waals surface area contributed by atoms with Crippen molar-refractivity contribution in [1.29, 1.82) is 0 Å². The summed E-state index contributed by atoms with van der Waals surface area (Å²) in [6.07, 6.45) is 1.05. The molecule has 1 amide bonds. The molecule has 4 rings (SSSR count). The van der Waals surface area contributed by atoms with E-state index >= 15 is 0 Å². The summed E-state index contributed by atoms with van der Waals surface area (Å²) >= 11 is 1.31. The number of nitrogens with one attached hydrogen (secondary N) is 1. The molecular formula is C20H22N4O4S2. The Kier molecular flexibility index (Phi) is 5.48. The highest BCUT2D eigenvalue weighted by molar-refractivity contribution is 7.89. The van der Waals surface area contributed by atoms with E-state index in [1.165, 1.54) is 15.6 Å². The number of anilines is 1. The quantitative estimate of drug-likeness (QED) is 0.643. The fourth-order valence-corrected chi connectivity index (χ4v) is 6.30. The van der Waals surface area contributed by atoms with Crippen molar-refractivity contribution in [2.24, 2.45) is 0 Å². The van der Waals surface area contributed by atoms with Gasteiger partial charge in [0.1, 0.15) is 16.6 Å². The van der Waals surface area contributed by atoms with Crippen molar-refractivity contribution in [3.63, 3.8) is 0 Å².